The van der Waals surface area contributed by atoms with Gasteiger partial charge in [0.05, 0.1) is 5.75 Å². The van der Waals surface area contributed by atoms with Crippen LogP contribution in [-0.4, -0.2) is 31.4 Å². The molecule has 1 N–H and O–H groups in total. The number of anilines is 1. The van der Waals surface area contributed by atoms with Gasteiger partial charge in [0, 0.05) is 30.7 Å². The second kappa shape index (κ2) is 8.81. The Morgan fingerprint density at radius 3 is 2.52 bits per heavy atom. The van der Waals surface area contributed by atoms with Crippen molar-refractivity contribution >= 4 is 23.4 Å². The predicted molar refractivity (Wildman–Crippen MR) is 109 cm³/mol. The summed E-state index contributed by atoms with van der Waals surface area (Å²) in [6.45, 7) is 4.37. The molecule has 3 rings (SSSR count). The Balaban J connectivity index is 1.57. The maximum Gasteiger partial charge on any atom is 0.234 e. The van der Waals surface area contributed by atoms with Gasteiger partial charge in [0.15, 0.2) is 11.0 Å². The molecule has 0 aliphatic heterocycles. The number of carbonyl (C=O) groups excluding carboxylic acids is 1. The molecule has 3 aromatic rings. The fourth-order valence-corrected chi connectivity index (χ4v) is 3.36. The number of amides is 1. The van der Waals surface area contributed by atoms with Crippen LogP contribution in [0, 0.1) is 0 Å². The first-order valence-corrected chi connectivity index (χ1v) is 9.89. The molecule has 0 saturated carbocycles. The Hall–Kier alpha value is -2.67. The molecule has 0 spiro atoms. The molecule has 1 atom stereocenters. The lowest BCUT2D eigenvalue weighted by Crippen LogP contribution is -2.14. The highest BCUT2D eigenvalue weighted by molar-refractivity contribution is 7.99. The maximum absolute atomic E-state index is 12.3. The SMILES string of the molecule is CC[C@H](C)c1ccc(NC(=O)CSc2nnc(-c3ccncc3)n2C)cc1. The normalized spacial score (nSPS) is 12.0. The second-order valence-corrected chi connectivity index (χ2v) is 7.31. The molecular formula is C20H23N5OS. The van der Waals surface area contributed by atoms with Crippen molar-refractivity contribution in [3.05, 3.63) is 54.4 Å². The molecule has 2 aromatic heterocycles. The molecule has 1 amide bonds. The Morgan fingerprint density at radius 2 is 1.85 bits per heavy atom. The van der Waals surface area contributed by atoms with E-state index < -0.39 is 0 Å². The zero-order valence-corrected chi connectivity index (χ0v) is 16.5. The average molecular weight is 382 g/mol. The molecule has 7 heteroatoms. The van der Waals surface area contributed by atoms with E-state index in [9.17, 15) is 4.79 Å². The molecule has 2 heterocycles. The number of rotatable bonds is 7. The minimum atomic E-state index is -0.0650. The number of hydrogen-bond donors (Lipinski definition) is 1. The van der Waals surface area contributed by atoms with Crippen LogP contribution in [0.15, 0.2) is 53.9 Å². The molecule has 0 aliphatic rings. The van der Waals surface area contributed by atoms with Crippen molar-refractivity contribution in [1.82, 2.24) is 19.7 Å². The number of hydrogen-bond acceptors (Lipinski definition) is 5. The predicted octanol–water partition coefficient (Wildman–Crippen LogP) is 4.12. The highest BCUT2D eigenvalue weighted by Crippen LogP contribution is 2.23. The van der Waals surface area contributed by atoms with Crippen LogP contribution >= 0.6 is 11.8 Å². The second-order valence-electron chi connectivity index (χ2n) is 6.37. The smallest absolute Gasteiger partial charge is 0.234 e. The van der Waals surface area contributed by atoms with E-state index in [0.29, 0.717) is 11.1 Å². The minimum Gasteiger partial charge on any atom is -0.325 e. The number of nitrogens with zero attached hydrogens (tertiary/aromatic N) is 4. The van der Waals surface area contributed by atoms with Gasteiger partial charge in [0.1, 0.15) is 0 Å². The summed E-state index contributed by atoms with van der Waals surface area (Å²) >= 11 is 1.36. The largest absolute Gasteiger partial charge is 0.325 e. The standard InChI is InChI=1S/C20H23N5OS/c1-4-14(2)15-5-7-17(8-6-15)22-18(26)13-27-20-24-23-19(25(20)3)16-9-11-21-12-10-16/h5-12,14H,4,13H2,1-3H3,(H,22,26)/t14-/m0/s1. The van der Waals surface area contributed by atoms with E-state index in [-0.39, 0.29) is 11.7 Å². The molecule has 0 bridgehead atoms. The van der Waals surface area contributed by atoms with E-state index in [4.69, 9.17) is 0 Å². The third-order valence-electron chi connectivity index (χ3n) is 4.48. The summed E-state index contributed by atoms with van der Waals surface area (Å²) in [6.07, 6.45) is 4.54. The van der Waals surface area contributed by atoms with Crippen LogP contribution in [0.2, 0.25) is 0 Å². The molecule has 0 radical (unpaired) electrons. The summed E-state index contributed by atoms with van der Waals surface area (Å²) in [7, 11) is 1.89. The van der Waals surface area contributed by atoms with Crippen LogP contribution in [-0.2, 0) is 11.8 Å². The first-order valence-electron chi connectivity index (χ1n) is 8.91. The molecular weight excluding hydrogens is 358 g/mol. The van der Waals surface area contributed by atoms with Crippen LogP contribution < -0.4 is 5.32 Å². The van der Waals surface area contributed by atoms with Gasteiger partial charge in [-0.3, -0.25) is 9.78 Å². The van der Waals surface area contributed by atoms with E-state index >= 15 is 0 Å². The van der Waals surface area contributed by atoms with Gasteiger partial charge in [-0.15, -0.1) is 10.2 Å². The average Bonchev–Trinajstić information content (AvgIpc) is 3.07. The van der Waals surface area contributed by atoms with Gasteiger partial charge in [-0.1, -0.05) is 37.7 Å². The molecule has 0 saturated heterocycles. The number of aromatic nitrogens is 4. The lowest BCUT2D eigenvalue weighted by atomic mass is 9.99. The number of benzene rings is 1. The summed E-state index contributed by atoms with van der Waals surface area (Å²) in [5.41, 5.74) is 3.04. The van der Waals surface area contributed by atoms with Gasteiger partial charge in [-0.05, 0) is 42.2 Å². The van der Waals surface area contributed by atoms with Gasteiger partial charge in [-0.2, -0.15) is 0 Å². The van der Waals surface area contributed by atoms with Gasteiger partial charge >= 0.3 is 0 Å². The van der Waals surface area contributed by atoms with Crippen LogP contribution in [0.1, 0.15) is 31.7 Å². The van der Waals surface area contributed by atoms with Crippen molar-refractivity contribution in [1.29, 1.82) is 0 Å². The Morgan fingerprint density at radius 1 is 1.15 bits per heavy atom. The summed E-state index contributed by atoms with van der Waals surface area (Å²) in [5.74, 6) is 1.48. The number of pyridine rings is 1. The van der Waals surface area contributed by atoms with Crippen molar-refractivity contribution in [3.63, 3.8) is 0 Å². The lowest BCUT2D eigenvalue weighted by molar-refractivity contribution is -0.113. The molecule has 140 valence electrons. The highest BCUT2D eigenvalue weighted by atomic mass is 32.2. The van der Waals surface area contributed by atoms with E-state index in [1.54, 1.807) is 12.4 Å². The number of thioether (sulfide) groups is 1. The van der Waals surface area contributed by atoms with Gasteiger partial charge in [0.25, 0.3) is 0 Å². The molecule has 0 unspecified atom stereocenters. The molecule has 0 aliphatic carbocycles. The summed E-state index contributed by atoms with van der Waals surface area (Å²) in [4.78, 5) is 16.3. The zero-order chi connectivity index (χ0) is 19.2. The van der Waals surface area contributed by atoms with Gasteiger partial charge in [0.2, 0.25) is 5.91 Å². The number of nitrogens with one attached hydrogen (secondary N) is 1. The monoisotopic (exact) mass is 381 g/mol. The minimum absolute atomic E-state index is 0.0650. The lowest BCUT2D eigenvalue weighted by Gasteiger charge is -2.10. The van der Waals surface area contributed by atoms with E-state index in [2.05, 4.69) is 46.5 Å². The zero-order valence-electron chi connectivity index (χ0n) is 15.7. The van der Waals surface area contributed by atoms with Crippen LogP contribution in [0.3, 0.4) is 0 Å². The van der Waals surface area contributed by atoms with E-state index in [1.807, 2.05) is 35.9 Å². The number of carbonyl (C=O) groups is 1. The summed E-state index contributed by atoms with van der Waals surface area (Å²) in [6, 6.07) is 11.8. The van der Waals surface area contributed by atoms with Crippen molar-refractivity contribution in [2.75, 3.05) is 11.1 Å². The Bertz CT molecular complexity index is 892. The van der Waals surface area contributed by atoms with Crippen molar-refractivity contribution in [2.24, 2.45) is 7.05 Å². The first-order chi connectivity index (χ1) is 13.1. The Kier molecular flexibility index (Phi) is 6.24. The molecule has 27 heavy (non-hydrogen) atoms. The fourth-order valence-electron chi connectivity index (χ4n) is 2.65. The third-order valence-corrected chi connectivity index (χ3v) is 5.50. The highest BCUT2D eigenvalue weighted by Gasteiger charge is 2.13. The van der Waals surface area contributed by atoms with Crippen molar-refractivity contribution < 1.29 is 4.79 Å². The summed E-state index contributed by atoms with van der Waals surface area (Å²) < 4.78 is 1.88. The van der Waals surface area contributed by atoms with Crippen LogP contribution in [0.5, 0.6) is 0 Å². The topological polar surface area (TPSA) is 72.7 Å². The van der Waals surface area contributed by atoms with Crippen molar-refractivity contribution in [3.8, 4) is 11.4 Å². The summed E-state index contributed by atoms with van der Waals surface area (Å²) in [5, 5.41) is 12.0. The van der Waals surface area contributed by atoms with Gasteiger partial charge < -0.3 is 9.88 Å². The quantitative estimate of drug-likeness (QED) is 0.623. The van der Waals surface area contributed by atoms with Gasteiger partial charge in [-0.25, -0.2) is 0 Å². The molecule has 1 aromatic carbocycles. The van der Waals surface area contributed by atoms with Crippen LogP contribution in [0.4, 0.5) is 5.69 Å². The Labute approximate surface area is 163 Å². The molecule has 6 nitrogen and oxygen atoms in total. The van der Waals surface area contributed by atoms with Crippen molar-refractivity contribution in [2.45, 2.75) is 31.3 Å². The van der Waals surface area contributed by atoms with E-state index in [1.165, 1.54) is 17.3 Å². The third kappa shape index (κ3) is 4.74. The maximum atomic E-state index is 12.3. The fraction of sp³-hybridized carbons (Fsp3) is 0.300. The van der Waals surface area contributed by atoms with Crippen LogP contribution in [0.25, 0.3) is 11.4 Å². The molecule has 0 fully saturated rings. The van der Waals surface area contributed by atoms with E-state index in [0.717, 1.165) is 23.5 Å². The first kappa shape index (κ1) is 19.1.